The van der Waals surface area contributed by atoms with Crippen molar-refractivity contribution in [1.82, 2.24) is 10.6 Å². The van der Waals surface area contributed by atoms with Crippen LogP contribution in [-0.4, -0.2) is 12.5 Å². The summed E-state index contributed by atoms with van der Waals surface area (Å²) in [6.07, 6.45) is 1.63. The van der Waals surface area contributed by atoms with E-state index in [1.807, 2.05) is 66.7 Å². The number of hydrogen-bond acceptors (Lipinski definition) is 3. The molecule has 25 heavy (non-hydrogen) atoms. The normalized spacial score (nSPS) is 11.9. The number of rotatable bonds is 7. The predicted octanol–water partition coefficient (Wildman–Crippen LogP) is 3.93. The number of nitrogens with one attached hydrogen (secondary N) is 2. The van der Waals surface area contributed by atoms with Crippen LogP contribution in [0.3, 0.4) is 0 Å². The van der Waals surface area contributed by atoms with Gasteiger partial charge in [0.2, 0.25) is 5.91 Å². The molecule has 2 aromatic carbocycles. The van der Waals surface area contributed by atoms with Crippen molar-refractivity contribution in [3.63, 3.8) is 0 Å². The molecule has 1 aromatic heterocycles. The van der Waals surface area contributed by atoms with E-state index in [9.17, 15) is 4.79 Å². The Morgan fingerprint density at radius 2 is 1.76 bits per heavy atom. The Morgan fingerprint density at radius 3 is 2.48 bits per heavy atom. The zero-order chi connectivity index (χ0) is 17.5. The van der Waals surface area contributed by atoms with Crippen LogP contribution in [-0.2, 0) is 11.3 Å². The molecular weight excluding hydrogens is 336 g/mol. The van der Waals surface area contributed by atoms with Crippen molar-refractivity contribution in [3.8, 4) is 0 Å². The third kappa shape index (κ3) is 4.72. The molecule has 2 N–H and O–H groups in total. The molecule has 0 unspecified atom stereocenters. The number of hydrogen-bond donors (Lipinski definition) is 2. The number of amides is 1. The van der Waals surface area contributed by atoms with Crippen LogP contribution in [0.5, 0.6) is 0 Å². The molecule has 128 valence electrons. The lowest BCUT2D eigenvalue weighted by atomic mass is 10.0. The van der Waals surface area contributed by atoms with Gasteiger partial charge in [-0.15, -0.1) is 0 Å². The summed E-state index contributed by atoms with van der Waals surface area (Å²) in [5, 5.41) is 6.77. The summed E-state index contributed by atoms with van der Waals surface area (Å²) >= 11 is 6.10. The van der Waals surface area contributed by atoms with Gasteiger partial charge in [0.05, 0.1) is 18.8 Å². The second-order valence-corrected chi connectivity index (χ2v) is 6.02. The van der Waals surface area contributed by atoms with Gasteiger partial charge in [0, 0.05) is 11.6 Å². The van der Waals surface area contributed by atoms with Crippen molar-refractivity contribution in [3.05, 3.63) is 94.9 Å². The molecule has 4 nitrogen and oxygen atoms in total. The Morgan fingerprint density at radius 1 is 1.00 bits per heavy atom. The standard InChI is InChI=1S/C20H19ClN2O2/c21-17-10-5-4-9-16(17)13-22-19(24)14-23-20(18-11-6-12-25-18)15-7-2-1-3-8-15/h1-12,20,23H,13-14H2,(H,22,24)/t20-/m0/s1. The Hall–Kier alpha value is -2.56. The van der Waals surface area contributed by atoms with E-state index in [1.165, 1.54) is 0 Å². The molecule has 1 atom stereocenters. The summed E-state index contributed by atoms with van der Waals surface area (Å²) < 4.78 is 5.52. The van der Waals surface area contributed by atoms with Gasteiger partial charge in [-0.25, -0.2) is 0 Å². The fourth-order valence-electron chi connectivity index (χ4n) is 2.58. The van der Waals surface area contributed by atoms with Gasteiger partial charge in [-0.3, -0.25) is 10.1 Å². The summed E-state index contributed by atoms with van der Waals surface area (Å²) in [7, 11) is 0. The summed E-state index contributed by atoms with van der Waals surface area (Å²) in [5.41, 5.74) is 1.93. The fraction of sp³-hybridized carbons (Fsp3) is 0.150. The first-order valence-electron chi connectivity index (χ1n) is 8.06. The summed E-state index contributed by atoms with van der Waals surface area (Å²) in [5.74, 6) is 0.664. The van der Waals surface area contributed by atoms with Crippen LogP contribution in [0.1, 0.15) is 22.9 Å². The molecule has 0 aliphatic heterocycles. The maximum absolute atomic E-state index is 12.2. The second kappa shape index (κ2) is 8.51. The van der Waals surface area contributed by atoms with Gasteiger partial charge < -0.3 is 9.73 Å². The van der Waals surface area contributed by atoms with Crippen LogP contribution < -0.4 is 10.6 Å². The minimum Gasteiger partial charge on any atom is -0.467 e. The lowest BCUT2D eigenvalue weighted by molar-refractivity contribution is -0.120. The summed E-state index contributed by atoms with van der Waals surface area (Å²) in [6.45, 7) is 0.571. The van der Waals surface area contributed by atoms with Crippen molar-refractivity contribution in [2.24, 2.45) is 0 Å². The molecule has 0 aliphatic rings. The van der Waals surface area contributed by atoms with Gasteiger partial charge >= 0.3 is 0 Å². The van der Waals surface area contributed by atoms with Crippen molar-refractivity contribution < 1.29 is 9.21 Å². The number of carbonyl (C=O) groups is 1. The van der Waals surface area contributed by atoms with Crippen LogP contribution in [0.15, 0.2) is 77.4 Å². The monoisotopic (exact) mass is 354 g/mol. The molecular formula is C20H19ClN2O2. The highest BCUT2D eigenvalue weighted by Crippen LogP contribution is 2.22. The van der Waals surface area contributed by atoms with E-state index in [4.69, 9.17) is 16.0 Å². The van der Waals surface area contributed by atoms with E-state index in [0.717, 1.165) is 16.9 Å². The Labute approximate surface area is 151 Å². The number of benzene rings is 2. The van der Waals surface area contributed by atoms with E-state index < -0.39 is 0 Å². The quantitative estimate of drug-likeness (QED) is 0.676. The Bertz CT molecular complexity index is 804. The molecule has 0 saturated heterocycles. The summed E-state index contributed by atoms with van der Waals surface area (Å²) in [6, 6.07) is 20.9. The van der Waals surface area contributed by atoms with Gasteiger partial charge in [0.15, 0.2) is 0 Å². The lowest BCUT2D eigenvalue weighted by Crippen LogP contribution is -2.35. The van der Waals surface area contributed by atoms with Gasteiger partial charge in [-0.1, -0.05) is 60.1 Å². The molecule has 0 spiro atoms. The molecule has 1 amide bonds. The third-order valence-corrected chi connectivity index (χ3v) is 4.23. The molecule has 1 heterocycles. The largest absolute Gasteiger partial charge is 0.467 e. The number of halogens is 1. The van der Waals surface area contributed by atoms with E-state index in [1.54, 1.807) is 6.26 Å². The maximum Gasteiger partial charge on any atom is 0.234 e. The van der Waals surface area contributed by atoms with Crippen LogP contribution in [0.2, 0.25) is 5.02 Å². The highest BCUT2D eigenvalue weighted by atomic mass is 35.5. The molecule has 0 saturated carbocycles. The van der Waals surface area contributed by atoms with Gasteiger partial charge in [0.1, 0.15) is 5.76 Å². The first-order chi connectivity index (χ1) is 12.2. The van der Waals surface area contributed by atoms with E-state index in [0.29, 0.717) is 11.6 Å². The molecule has 0 bridgehead atoms. The molecule has 0 radical (unpaired) electrons. The minimum absolute atomic E-state index is 0.104. The fourth-order valence-corrected chi connectivity index (χ4v) is 2.78. The van der Waals surface area contributed by atoms with Gasteiger partial charge in [-0.2, -0.15) is 0 Å². The maximum atomic E-state index is 12.2. The predicted molar refractivity (Wildman–Crippen MR) is 98.3 cm³/mol. The van der Waals surface area contributed by atoms with Crippen LogP contribution in [0, 0.1) is 0 Å². The molecule has 3 rings (SSSR count). The molecule has 0 aliphatic carbocycles. The van der Waals surface area contributed by atoms with Crippen molar-refractivity contribution >= 4 is 17.5 Å². The SMILES string of the molecule is O=C(CN[C@@H](c1ccccc1)c1ccco1)NCc1ccccc1Cl. The second-order valence-electron chi connectivity index (χ2n) is 5.61. The smallest absolute Gasteiger partial charge is 0.234 e. The third-order valence-electron chi connectivity index (χ3n) is 3.86. The highest BCUT2D eigenvalue weighted by molar-refractivity contribution is 6.31. The van der Waals surface area contributed by atoms with E-state index in [-0.39, 0.29) is 18.5 Å². The van der Waals surface area contributed by atoms with E-state index >= 15 is 0 Å². The average Bonchev–Trinajstić information content (AvgIpc) is 3.16. The van der Waals surface area contributed by atoms with Gasteiger partial charge in [-0.05, 0) is 29.3 Å². The molecule has 3 aromatic rings. The van der Waals surface area contributed by atoms with Gasteiger partial charge in [0.25, 0.3) is 0 Å². The van der Waals surface area contributed by atoms with E-state index in [2.05, 4.69) is 10.6 Å². The minimum atomic E-state index is -0.178. The summed E-state index contributed by atoms with van der Waals surface area (Å²) in [4.78, 5) is 12.2. The zero-order valence-corrected chi connectivity index (χ0v) is 14.4. The van der Waals surface area contributed by atoms with Crippen molar-refractivity contribution in [2.45, 2.75) is 12.6 Å². The number of furan rings is 1. The Balaban J connectivity index is 1.60. The first kappa shape index (κ1) is 17.3. The van der Waals surface area contributed by atoms with Crippen LogP contribution in [0.4, 0.5) is 0 Å². The topological polar surface area (TPSA) is 54.3 Å². The first-order valence-corrected chi connectivity index (χ1v) is 8.43. The van der Waals surface area contributed by atoms with Crippen molar-refractivity contribution in [2.75, 3.05) is 6.54 Å². The highest BCUT2D eigenvalue weighted by Gasteiger charge is 2.17. The van der Waals surface area contributed by atoms with Crippen molar-refractivity contribution in [1.29, 1.82) is 0 Å². The zero-order valence-electron chi connectivity index (χ0n) is 13.6. The van der Waals surface area contributed by atoms with Crippen LogP contribution in [0.25, 0.3) is 0 Å². The van der Waals surface area contributed by atoms with Crippen LogP contribution >= 0.6 is 11.6 Å². The molecule has 5 heteroatoms. The lowest BCUT2D eigenvalue weighted by Gasteiger charge is -2.17. The average molecular weight is 355 g/mol. The number of carbonyl (C=O) groups excluding carboxylic acids is 1. The Kier molecular flexibility index (Phi) is 5.88. The molecule has 0 fully saturated rings.